The molecule has 0 fully saturated rings. The summed E-state index contributed by atoms with van der Waals surface area (Å²) in [5.74, 6) is -0.574. The lowest BCUT2D eigenvalue weighted by Crippen LogP contribution is -2.12. The number of carboxylic acids is 1. The molecular formula is C13H16N2O3. The van der Waals surface area contributed by atoms with Gasteiger partial charge in [0.25, 0.3) is 0 Å². The molecule has 96 valence electrons. The van der Waals surface area contributed by atoms with Crippen molar-refractivity contribution in [1.82, 2.24) is 9.55 Å². The van der Waals surface area contributed by atoms with E-state index in [1.807, 2.05) is 4.57 Å². The van der Waals surface area contributed by atoms with Gasteiger partial charge in [0.05, 0.1) is 29.5 Å². The first-order valence-corrected chi connectivity index (χ1v) is 5.79. The van der Waals surface area contributed by atoms with E-state index in [0.717, 1.165) is 17.6 Å². The fourth-order valence-corrected chi connectivity index (χ4v) is 2.01. The van der Waals surface area contributed by atoms with Gasteiger partial charge in [0, 0.05) is 13.7 Å². The summed E-state index contributed by atoms with van der Waals surface area (Å²) in [5.41, 5.74) is 1.94. The number of hydrogen-bond acceptors (Lipinski definition) is 3. The zero-order valence-corrected chi connectivity index (χ0v) is 10.5. The molecule has 0 amide bonds. The third kappa shape index (κ3) is 2.51. The molecule has 1 heterocycles. The second kappa shape index (κ2) is 5.18. The van der Waals surface area contributed by atoms with Crippen LogP contribution in [0.15, 0.2) is 24.5 Å². The van der Waals surface area contributed by atoms with Gasteiger partial charge in [-0.3, -0.25) is 0 Å². The molecule has 0 aliphatic heterocycles. The maximum absolute atomic E-state index is 11.0. The minimum Gasteiger partial charge on any atom is -0.478 e. The van der Waals surface area contributed by atoms with Crippen LogP contribution in [-0.4, -0.2) is 34.3 Å². The van der Waals surface area contributed by atoms with E-state index >= 15 is 0 Å². The van der Waals surface area contributed by atoms with Crippen molar-refractivity contribution in [2.75, 3.05) is 13.7 Å². The zero-order chi connectivity index (χ0) is 13.1. The van der Waals surface area contributed by atoms with E-state index < -0.39 is 5.97 Å². The van der Waals surface area contributed by atoms with E-state index in [1.165, 1.54) is 0 Å². The SMILES string of the molecule is COCC(C)Cn1cnc2ccc(C(=O)O)cc21. The van der Waals surface area contributed by atoms with Crippen molar-refractivity contribution < 1.29 is 14.6 Å². The van der Waals surface area contributed by atoms with E-state index in [0.29, 0.717) is 12.5 Å². The third-order valence-electron chi connectivity index (χ3n) is 2.83. The summed E-state index contributed by atoms with van der Waals surface area (Å²) in [6.45, 7) is 3.50. The number of hydrogen-bond donors (Lipinski definition) is 1. The molecular weight excluding hydrogens is 232 g/mol. The monoisotopic (exact) mass is 248 g/mol. The second-order valence-corrected chi connectivity index (χ2v) is 4.47. The van der Waals surface area contributed by atoms with Gasteiger partial charge in [-0.1, -0.05) is 6.92 Å². The second-order valence-electron chi connectivity index (χ2n) is 4.47. The largest absolute Gasteiger partial charge is 0.478 e. The maximum atomic E-state index is 11.0. The molecule has 0 saturated carbocycles. The number of nitrogens with zero attached hydrogens (tertiary/aromatic N) is 2. The Morgan fingerprint density at radius 2 is 2.33 bits per heavy atom. The van der Waals surface area contributed by atoms with Crippen LogP contribution in [0.25, 0.3) is 11.0 Å². The van der Waals surface area contributed by atoms with E-state index in [1.54, 1.807) is 31.6 Å². The van der Waals surface area contributed by atoms with Crippen molar-refractivity contribution in [3.05, 3.63) is 30.1 Å². The Kier molecular flexibility index (Phi) is 3.62. The Bertz CT molecular complexity index is 562. The number of carbonyl (C=O) groups is 1. The van der Waals surface area contributed by atoms with E-state index in [-0.39, 0.29) is 5.56 Å². The van der Waals surface area contributed by atoms with Gasteiger partial charge in [-0.2, -0.15) is 0 Å². The number of methoxy groups -OCH3 is 1. The van der Waals surface area contributed by atoms with Crippen molar-refractivity contribution in [3.63, 3.8) is 0 Å². The predicted octanol–water partition coefficient (Wildman–Crippen LogP) is 2.02. The summed E-state index contributed by atoms with van der Waals surface area (Å²) in [5, 5.41) is 8.99. The molecule has 1 aromatic carbocycles. The molecule has 18 heavy (non-hydrogen) atoms. The molecule has 0 aliphatic carbocycles. The Hall–Kier alpha value is -1.88. The van der Waals surface area contributed by atoms with Crippen LogP contribution in [0.3, 0.4) is 0 Å². The first kappa shape index (κ1) is 12.6. The summed E-state index contributed by atoms with van der Waals surface area (Å²) in [6.07, 6.45) is 1.74. The summed E-state index contributed by atoms with van der Waals surface area (Å²) < 4.78 is 7.06. The van der Waals surface area contributed by atoms with E-state index in [9.17, 15) is 4.79 Å². The van der Waals surface area contributed by atoms with Crippen LogP contribution in [0, 0.1) is 5.92 Å². The Morgan fingerprint density at radius 1 is 1.56 bits per heavy atom. The third-order valence-corrected chi connectivity index (χ3v) is 2.83. The Labute approximate surface area is 105 Å². The maximum Gasteiger partial charge on any atom is 0.335 e. The van der Waals surface area contributed by atoms with Gasteiger partial charge >= 0.3 is 5.97 Å². The standard InChI is InChI=1S/C13H16N2O3/c1-9(7-18-2)6-15-8-14-11-4-3-10(13(16)17)5-12(11)15/h3-5,8-9H,6-7H2,1-2H3,(H,16,17). The number of fused-ring (bicyclic) bond motifs is 1. The van der Waals surface area contributed by atoms with Crippen LogP contribution < -0.4 is 0 Å². The van der Waals surface area contributed by atoms with Gasteiger partial charge in [-0.25, -0.2) is 9.78 Å². The minimum atomic E-state index is -0.922. The van der Waals surface area contributed by atoms with Crippen molar-refractivity contribution in [1.29, 1.82) is 0 Å². The highest BCUT2D eigenvalue weighted by molar-refractivity contribution is 5.92. The lowest BCUT2D eigenvalue weighted by Gasteiger charge is -2.11. The van der Waals surface area contributed by atoms with Crippen LogP contribution in [0.1, 0.15) is 17.3 Å². The Balaban J connectivity index is 2.33. The molecule has 1 N–H and O–H groups in total. The topological polar surface area (TPSA) is 64.4 Å². The molecule has 2 aromatic rings. The van der Waals surface area contributed by atoms with Crippen LogP contribution in [0.4, 0.5) is 0 Å². The van der Waals surface area contributed by atoms with Crippen molar-refractivity contribution in [2.45, 2.75) is 13.5 Å². The first-order chi connectivity index (χ1) is 8.61. The average molecular weight is 248 g/mol. The van der Waals surface area contributed by atoms with Crippen molar-refractivity contribution in [3.8, 4) is 0 Å². The lowest BCUT2D eigenvalue weighted by atomic mass is 10.1. The number of rotatable bonds is 5. The Morgan fingerprint density at radius 3 is 3.00 bits per heavy atom. The number of ether oxygens (including phenoxy) is 1. The van der Waals surface area contributed by atoms with E-state index in [4.69, 9.17) is 9.84 Å². The molecule has 1 unspecified atom stereocenters. The molecule has 0 aliphatic rings. The van der Waals surface area contributed by atoms with Gasteiger partial charge in [-0.05, 0) is 24.1 Å². The van der Waals surface area contributed by atoms with Crippen LogP contribution in [0.5, 0.6) is 0 Å². The van der Waals surface area contributed by atoms with Gasteiger partial charge in [-0.15, -0.1) is 0 Å². The minimum absolute atomic E-state index is 0.281. The molecule has 5 nitrogen and oxygen atoms in total. The van der Waals surface area contributed by atoms with Gasteiger partial charge < -0.3 is 14.4 Å². The average Bonchev–Trinajstić information content (AvgIpc) is 2.72. The fraction of sp³-hybridized carbons (Fsp3) is 0.385. The van der Waals surface area contributed by atoms with Crippen LogP contribution >= 0.6 is 0 Å². The fourth-order valence-electron chi connectivity index (χ4n) is 2.01. The predicted molar refractivity (Wildman–Crippen MR) is 67.7 cm³/mol. The summed E-state index contributed by atoms with van der Waals surface area (Å²) in [7, 11) is 1.67. The molecule has 5 heteroatoms. The number of aromatic nitrogens is 2. The summed E-state index contributed by atoms with van der Waals surface area (Å²) in [6, 6.07) is 4.96. The number of benzene rings is 1. The van der Waals surface area contributed by atoms with Gasteiger partial charge in [0.15, 0.2) is 0 Å². The number of carboxylic acid groups (broad SMARTS) is 1. The number of imidazole rings is 1. The first-order valence-electron chi connectivity index (χ1n) is 5.79. The van der Waals surface area contributed by atoms with E-state index in [2.05, 4.69) is 11.9 Å². The van der Waals surface area contributed by atoms with Crippen LogP contribution in [0.2, 0.25) is 0 Å². The molecule has 0 radical (unpaired) electrons. The van der Waals surface area contributed by atoms with Crippen molar-refractivity contribution in [2.24, 2.45) is 5.92 Å². The highest BCUT2D eigenvalue weighted by Gasteiger charge is 2.10. The molecule has 0 spiro atoms. The number of aromatic carboxylic acids is 1. The highest BCUT2D eigenvalue weighted by atomic mass is 16.5. The highest BCUT2D eigenvalue weighted by Crippen LogP contribution is 2.16. The summed E-state index contributed by atoms with van der Waals surface area (Å²) >= 11 is 0. The van der Waals surface area contributed by atoms with Crippen LogP contribution in [-0.2, 0) is 11.3 Å². The summed E-state index contributed by atoms with van der Waals surface area (Å²) in [4.78, 5) is 15.2. The van der Waals surface area contributed by atoms with Crippen molar-refractivity contribution >= 4 is 17.0 Å². The zero-order valence-electron chi connectivity index (χ0n) is 10.5. The van der Waals surface area contributed by atoms with Gasteiger partial charge in [0.2, 0.25) is 0 Å². The molecule has 0 saturated heterocycles. The quantitative estimate of drug-likeness (QED) is 0.879. The molecule has 0 bridgehead atoms. The molecule has 1 aromatic heterocycles. The molecule has 2 rings (SSSR count). The lowest BCUT2D eigenvalue weighted by molar-refractivity contribution is 0.0697. The van der Waals surface area contributed by atoms with Gasteiger partial charge in [0.1, 0.15) is 0 Å². The molecule has 1 atom stereocenters. The normalized spacial score (nSPS) is 12.8. The smallest absolute Gasteiger partial charge is 0.335 e.